The van der Waals surface area contributed by atoms with Gasteiger partial charge in [-0.25, -0.2) is 4.68 Å². The van der Waals surface area contributed by atoms with Gasteiger partial charge in [-0.2, -0.15) is 10.1 Å². The molecule has 0 bridgehead atoms. The second-order valence-corrected chi connectivity index (χ2v) is 5.76. The van der Waals surface area contributed by atoms with Crippen molar-refractivity contribution in [2.24, 2.45) is 5.73 Å². The molecule has 1 aliphatic heterocycles. The van der Waals surface area contributed by atoms with Crippen molar-refractivity contribution < 1.29 is 9.53 Å². The third-order valence-corrected chi connectivity index (χ3v) is 4.04. The normalized spacial score (nSPS) is 17.0. The molecule has 0 spiro atoms. The zero-order valence-electron chi connectivity index (χ0n) is 12.0. The van der Waals surface area contributed by atoms with E-state index in [1.165, 1.54) is 6.33 Å². The molecule has 1 aromatic heterocycles. The number of hydrogen-bond acceptors (Lipinski definition) is 5. The van der Waals surface area contributed by atoms with Gasteiger partial charge in [0.1, 0.15) is 18.1 Å². The van der Waals surface area contributed by atoms with Crippen LogP contribution in [-0.2, 0) is 4.79 Å². The maximum atomic E-state index is 12.0. The third-order valence-electron chi connectivity index (χ3n) is 3.55. The molecule has 0 unspecified atom stereocenters. The lowest BCUT2D eigenvalue weighted by molar-refractivity contribution is -0.115. The van der Waals surface area contributed by atoms with Crippen molar-refractivity contribution in [1.82, 2.24) is 14.8 Å². The van der Waals surface area contributed by atoms with Crippen LogP contribution in [0.3, 0.4) is 0 Å². The Morgan fingerprint density at radius 2 is 2.27 bits per heavy atom. The number of nitrogens with one attached hydrogen (secondary N) is 1. The highest BCUT2D eigenvalue weighted by molar-refractivity contribution is 9.10. The Labute approximate surface area is 135 Å². The number of halogens is 1. The number of primary amides is 1. The SMILES string of the molecule is COc1ccc(Br)cc1[C@@H]1C(C(N)=O)=C(C)Nc2ncnn21. The minimum absolute atomic E-state index is 0.425. The van der Waals surface area contributed by atoms with E-state index in [2.05, 4.69) is 31.3 Å². The Kier molecular flexibility index (Phi) is 3.61. The molecule has 3 rings (SSSR count). The molecular weight excluding hydrogens is 350 g/mol. The van der Waals surface area contributed by atoms with Gasteiger partial charge in [-0.1, -0.05) is 15.9 Å². The van der Waals surface area contributed by atoms with Gasteiger partial charge in [0.25, 0.3) is 0 Å². The number of nitrogens with zero attached hydrogens (tertiary/aromatic N) is 3. The molecule has 7 nitrogen and oxygen atoms in total. The van der Waals surface area contributed by atoms with Gasteiger partial charge in [-0.3, -0.25) is 4.79 Å². The van der Waals surface area contributed by atoms with Gasteiger partial charge in [0.15, 0.2) is 0 Å². The molecule has 1 atom stereocenters. The lowest BCUT2D eigenvalue weighted by atomic mass is 9.94. The quantitative estimate of drug-likeness (QED) is 0.867. The summed E-state index contributed by atoms with van der Waals surface area (Å²) in [5.41, 5.74) is 7.44. The average Bonchev–Trinajstić information content (AvgIpc) is 2.93. The summed E-state index contributed by atoms with van der Waals surface area (Å²) in [4.78, 5) is 16.1. The molecule has 114 valence electrons. The topological polar surface area (TPSA) is 95.1 Å². The first-order valence-corrected chi connectivity index (χ1v) is 7.32. The fraction of sp³-hybridized carbons (Fsp3) is 0.214. The van der Waals surface area contributed by atoms with E-state index in [1.807, 2.05) is 18.2 Å². The van der Waals surface area contributed by atoms with Gasteiger partial charge in [-0.15, -0.1) is 0 Å². The van der Waals surface area contributed by atoms with E-state index in [0.717, 1.165) is 10.0 Å². The Morgan fingerprint density at radius 1 is 1.50 bits per heavy atom. The summed E-state index contributed by atoms with van der Waals surface area (Å²) in [7, 11) is 1.58. The number of aromatic nitrogens is 3. The van der Waals surface area contributed by atoms with Crippen LogP contribution in [0, 0.1) is 0 Å². The van der Waals surface area contributed by atoms with E-state index in [0.29, 0.717) is 23.0 Å². The van der Waals surface area contributed by atoms with Gasteiger partial charge < -0.3 is 15.8 Å². The number of methoxy groups -OCH3 is 1. The van der Waals surface area contributed by atoms with E-state index in [-0.39, 0.29) is 0 Å². The first-order chi connectivity index (χ1) is 10.5. The van der Waals surface area contributed by atoms with Crippen molar-refractivity contribution in [3.05, 3.63) is 45.8 Å². The zero-order valence-corrected chi connectivity index (χ0v) is 13.6. The number of benzene rings is 1. The Morgan fingerprint density at radius 3 is 2.95 bits per heavy atom. The Balaban J connectivity index is 2.27. The summed E-state index contributed by atoms with van der Waals surface area (Å²) >= 11 is 3.45. The van der Waals surface area contributed by atoms with Crippen molar-refractivity contribution in [3.8, 4) is 5.75 Å². The number of carbonyl (C=O) groups excluding carboxylic acids is 1. The van der Waals surface area contributed by atoms with Gasteiger partial charge in [0, 0.05) is 15.7 Å². The number of ether oxygens (including phenoxy) is 1. The van der Waals surface area contributed by atoms with E-state index >= 15 is 0 Å². The molecule has 2 heterocycles. The van der Waals surface area contributed by atoms with Gasteiger partial charge in [0.2, 0.25) is 11.9 Å². The highest BCUT2D eigenvalue weighted by Gasteiger charge is 2.34. The molecular formula is C14H14BrN5O2. The number of anilines is 1. The molecule has 0 saturated heterocycles. The lowest BCUT2D eigenvalue weighted by Crippen LogP contribution is -2.32. The second kappa shape index (κ2) is 5.45. The predicted molar refractivity (Wildman–Crippen MR) is 84.4 cm³/mol. The number of amides is 1. The minimum atomic E-state index is -0.516. The molecule has 0 saturated carbocycles. The van der Waals surface area contributed by atoms with Crippen LogP contribution in [0.5, 0.6) is 5.75 Å². The highest BCUT2D eigenvalue weighted by Crippen LogP contribution is 2.39. The Hall–Kier alpha value is -2.35. The molecule has 22 heavy (non-hydrogen) atoms. The molecule has 1 aliphatic rings. The van der Waals surface area contributed by atoms with E-state index < -0.39 is 11.9 Å². The summed E-state index contributed by atoms with van der Waals surface area (Å²) in [6.45, 7) is 1.79. The van der Waals surface area contributed by atoms with Crippen molar-refractivity contribution in [3.63, 3.8) is 0 Å². The van der Waals surface area contributed by atoms with Crippen molar-refractivity contribution in [2.75, 3.05) is 12.4 Å². The first-order valence-electron chi connectivity index (χ1n) is 6.53. The van der Waals surface area contributed by atoms with Crippen molar-refractivity contribution >= 4 is 27.8 Å². The molecule has 3 N–H and O–H groups in total. The van der Waals surface area contributed by atoms with Crippen LogP contribution in [0.15, 0.2) is 40.3 Å². The zero-order chi connectivity index (χ0) is 15.9. The van der Waals surface area contributed by atoms with Crippen molar-refractivity contribution in [2.45, 2.75) is 13.0 Å². The van der Waals surface area contributed by atoms with Gasteiger partial charge in [-0.05, 0) is 25.1 Å². The standard InChI is InChI=1S/C14H14BrN5O2/c1-7-11(13(16)21)12(20-14(19-7)17-6-18-20)9-5-8(15)3-4-10(9)22-2/h3-6,12H,1-2H3,(H2,16,21)(H,17,18,19)/t12-/m1/s1. The summed E-state index contributed by atoms with van der Waals surface area (Å²) in [5, 5.41) is 7.26. The fourth-order valence-corrected chi connectivity index (χ4v) is 3.00. The third kappa shape index (κ3) is 2.25. The number of allylic oxidation sites excluding steroid dienone is 1. The number of rotatable bonds is 3. The lowest BCUT2D eigenvalue weighted by Gasteiger charge is -2.28. The first kappa shape index (κ1) is 14.6. The van der Waals surface area contributed by atoms with Crippen LogP contribution in [0.2, 0.25) is 0 Å². The molecule has 2 aromatic rings. The number of nitrogens with two attached hydrogens (primary N) is 1. The van der Waals surface area contributed by atoms with Crippen molar-refractivity contribution in [1.29, 1.82) is 0 Å². The van der Waals surface area contributed by atoms with Gasteiger partial charge >= 0.3 is 0 Å². The molecule has 0 fully saturated rings. The fourth-order valence-electron chi connectivity index (χ4n) is 2.62. The average molecular weight is 364 g/mol. The smallest absolute Gasteiger partial charge is 0.248 e. The van der Waals surface area contributed by atoms with Crippen LogP contribution >= 0.6 is 15.9 Å². The van der Waals surface area contributed by atoms with Crippen LogP contribution in [0.25, 0.3) is 0 Å². The number of carbonyl (C=O) groups is 1. The maximum absolute atomic E-state index is 12.0. The Bertz CT molecular complexity index is 783. The summed E-state index contributed by atoms with van der Waals surface area (Å²) < 4.78 is 7.92. The molecule has 1 amide bonds. The molecule has 8 heteroatoms. The largest absolute Gasteiger partial charge is 0.496 e. The van der Waals surface area contributed by atoms with Crippen LogP contribution in [0.1, 0.15) is 18.5 Å². The number of hydrogen-bond donors (Lipinski definition) is 2. The van der Waals surface area contributed by atoms with E-state index in [9.17, 15) is 4.79 Å². The summed E-state index contributed by atoms with van der Waals surface area (Å²) in [6.07, 6.45) is 1.43. The molecule has 0 aliphatic carbocycles. The molecule has 1 aromatic carbocycles. The predicted octanol–water partition coefficient (Wildman–Crippen LogP) is 1.82. The molecule has 0 radical (unpaired) electrons. The van der Waals surface area contributed by atoms with Gasteiger partial charge in [0.05, 0.1) is 12.7 Å². The van der Waals surface area contributed by atoms with Crippen LogP contribution in [0.4, 0.5) is 5.95 Å². The number of fused-ring (bicyclic) bond motifs is 1. The minimum Gasteiger partial charge on any atom is -0.496 e. The van der Waals surface area contributed by atoms with Crippen LogP contribution < -0.4 is 15.8 Å². The summed E-state index contributed by atoms with van der Waals surface area (Å²) in [6, 6.07) is 5.08. The van der Waals surface area contributed by atoms with Crippen LogP contribution in [-0.4, -0.2) is 27.8 Å². The highest BCUT2D eigenvalue weighted by atomic mass is 79.9. The summed E-state index contributed by atoms with van der Waals surface area (Å²) in [5.74, 6) is 0.677. The second-order valence-electron chi connectivity index (χ2n) is 4.84. The maximum Gasteiger partial charge on any atom is 0.248 e. The monoisotopic (exact) mass is 363 g/mol. The van der Waals surface area contributed by atoms with E-state index in [1.54, 1.807) is 18.7 Å². The van der Waals surface area contributed by atoms with E-state index in [4.69, 9.17) is 10.5 Å².